The highest BCUT2D eigenvalue weighted by Gasteiger charge is 2.08. The summed E-state index contributed by atoms with van der Waals surface area (Å²) in [4.78, 5) is 11.1. The summed E-state index contributed by atoms with van der Waals surface area (Å²) in [5.74, 6) is -0.282. The first-order valence-corrected chi connectivity index (χ1v) is 15.1. The average Bonchev–Trinajstić information content (AvgIpc) is 2.81. The number of hydrogen-bond donors (Lipinski definition) is 3. The van der Waals surface area contributed by atoms with Crippen molar-refractivity contribution in [3.05, 3.63) is 29.8 Å². The summed E-state index contributed by atoms with van der Waals surface area (Å²) in [7, 11) is -4.02. The van der Waals surface area contributed by atoms with Gasteiger partial charge in [0, 0.05) is 0 Å². The van der Waals surface area contributed by atoms with Crippen molar-refractivity contribution in [3.8, 4) is 0 Å². The largest absolute Gasteiger partial charge is 0.465 e. The third kappa shape index (κ3) is 23.0. The van der Waals surface area contributed by atoms with Crippen LogP contribution in [0, 0.1) is 6.92 Å². The smallest absolute Gasteiger partial charge is 0.322 e. The number of ether oxygens (including phenoxy) is 1. The van der Waals surface area contributed by atoms with Crippen molar-refractivity contribution in [3.63, 3.8) is 0 Å². The zero-order valence-electron chi connectivity index (χ0n) is 23.2. The van der Waals surface area contributed by atoms with E-state index >= 15 is 0 Å². The summed E-state index contributed by atoms with van der Waals surface area (Å²) in [5, 5.41) is 0. The van der Waals surface area contributed by atoms with Crippen LogP contribution < -0.4 is 11.9 Å². The molecule has 0 radical (unpaired) electrons. The van der Waals surface area contributed by atoms with Crippen molar-refractivity contribution in [1.29, 1.82) is 0 Å². The van der Waals surface area contributed by atoms with Gasteiger partial charge in [0.15, 0.2) is 0 Å². The Labute approximate surface area is 221 Å². The van der Waals surface area contributed by atoms with Crippen LogP contribution in [-0.2, 0) is 19.6 Å². The first-order valence-electron chi connectivity index (χ1n) is 13.6. The second-order valence-electron chi connectivity index (χ2n) is 9.55. The predicted molar refractivity (Wildman–Crippen MR) is 150 cm³/mol. The van der Waals surface area contributed by atoms with Crippen molar-refractivity contribution in [2.45, 2.75) is 134 Å². The number of esters is 1. The fourth-order valence-electron chi connectivity index (χ4n) is 3.66. The van der Waals surface area contributed by atoms with Crippen LogP contribution in [0.2, 0.25) is 0 Å². The molecular weight excluding hydrogens is 476 g/mol. The lowest BCUT2D eigenvalue weighted by Crippen LogP contribution is -2.28. The van der Waals surface area contributed by atoms with Gasteiger partial charge in [0.2, 0.25) is 0 Å². The highest BCUT2D eigenvalue weighted by atomic mass is 32.2. The number of nitrogens with two attached hydrogens (primary N) is 1. The molecule has 0 bridgehead atoms. The van der Waals surface area contributed by atoms with Gasteiger partial charge in [-0.05, 0) is 32.4 Å². The van der Waals surface area contributed by atoms with Gasteiger partial charge < -0.3 is 16.6 Å². The summed E-state index contributed by atoms with van der Waals surface area (Å²) in [6.45, 7) is 6.31. The van der Waals surface area contributed by atoms with Crippen LogP contribution in [0.1, 0.15) is 122 Å². The monoisotopic (exact) mass is 530 g/mol. The summed E-state index contributed by atoms with van der Waals surface area (Å²) in [5.41, 5.74) is 6.39. The van der Waals surface area contributed by atoms with Crippen LogP contribution >= 0.6 is 0 Å². The quantitative estimate of drug-likeness (QED) is 0.0952. The van der Waals surface area contributed by atoms with Crippen molar-refractivity contribution < 1.29 is 22.5 Å². The molecule has 0 saturated heterocycles. The Morgan fingerprint density at radius 3 is 1.50 bits per heavy atom. The van der Waals surface area contributed by atoms with Gasteiger partial charge >= 0.3 is 5.97 Å². The molecule has 0 aliphatic rings. The van der Waals surface area contributed by atoms with Gasteiger partial charge in [0.05, 0.1) is 11.5 Å². The van der Waals surface area contributed by atoms with Crippen molar-refractivity contribution in [2.75, 3.05) is 6.61 Å². The van der Waals surface area contributed by atoms with Gasteiger partial charge in [-0.1, -0.05) is 121 Å². The molecule has 0 spiro atoms. The Morgan fingerprint density at radius 2 is 1.17 bits per heavy atom. The molecule has 6 N–H and O–H groups in total. The molecule has 0 aromatic heterocycles. The fourth-order valence-corrected chi connectivity index (χ4v) is 4.14. The number of unbranched alkanes of at least 4 members (excludes halogenated alkanes) is 15. The van der Waals surface area contributed by atoms with Crippen LogP contribution in [0.25, 0.3) is 0 Å². The molecule has 0 heterocycles. The first-order chi connectivity index (χ1) is 16.7. The van der Waals surface area contributed by atoms with E-state index in [0.717, 1.165) is 18.4 Å². The highest BCUT2D eigenvalue weighted by Crippen LogP contribution is 2.13. The number of hydrogen-bond acceptors (Lipinski definition) is 6. The number of carbonyl (C=O) groups excluding carboxylic acids is 1. The summed E-state index contributed by atoms with van der Waals surface area (Å²) in [6, 6.07) is 5.49. The van der Waals surface area contributed by atoms with Crippen molar-refractivity contribution in [2.24, 2.45) is 5.73 Å². The minimum absolute atomic E-state index is 0. The molecule has 8 heteroatoms. The van der Waals surface area contributed by atoms with E-state index in [9.17, 15) is 13.2 Å². The maximum atomic E-state index is 11.2. The molecule has 0 aliphatic heterocycles. The van der Waals surface area contributed by atoms with Crippen LogP contribution in [0.4, 0.5) is 0 Å². The third-order valence-corrected chi connectivity index (χ3v) is 6.80. The van der Waals surface area contributed by atoms with E-state index in [1.807, 2.05) is 6.92 Å². The Balaban J connectivity index is 0. The lowest BCUT2D eigenvalue weighted by atomic mass is 10.0. The summed E-state index contributed by atoms with van der Waals surface area (Å²) >= 11 is 0. The number of carbonyl (C=O) groups is 1. The van der Waals surface area contributed by atoms with Crippen LogP contribution in [0.3, 0.4) is 0 Å². The standard InChI is InChI=1S/C21H43NO2.C7H8O3S.H3N/c1-3-4-5-6-7-8-9-10-11-12-13-14-15-16-17-18-19-24-21(23)20(2)22;1-6-2-4-7(5-3-6)11(8,9)10;/h20H,3-19,22H2,1-2H3;2-5H,1H3,(H,8,9,10);1H3/t20-;;/m0../s1. The Bertz CT molecular complexity index is 737. The van der Waals surface area contributed by atoms with Gasteiger partial charge in [0.1, 0.15) is 6.04 Å². The van der Waals surface area contributed by atoms with E-state index in [1.54, 1.807) is 19.1 Å². The molecular formula is C28H54N2O5S. The molecule has 36 heavy (non-hydrogen) atoms. The van der Waals surface area contributed by atoms with Gasteiger partial charge in [-0.25, -0.2) is 0 Å². The molecule has 7 nitrogen and oxygen atoms in total. The molecule has 1 aromatic rings. The van der Waals surface area contributed by atoms with E-state index in [-0.39, 0.29) is 17.0 Å². The average molecular weight is 531 g/mol. The highest BCUT2D eigenvalue weighted by molar-refractivity contribution is 7.85. The Kier molecular flexibility index (Phi) is 24.3. The third-order valence-electron chi connectivity index (χ3n) is 5.93. The van der Waals surface area contributed by atoms with Crippen LogP contribution in [0.15, 0.2) is 29.2 Å². The van der Waals surface area contributed by atoms with Crippen molar-refractivity contribution >= 4 is 16.1 Å². The summed E-state index contributed by atoms with van der Waals surface area (Å²) < 4.78 is 34.6. The van der Waals surface area contributed by atoms with E-state index in [2.05, 4.69) is 6.92 Å². The number of aryl methyl sites for hydroxylation is 1. The zero-order chi connectivity index (χ0) is 26.4. The maximum Gasteiger partial charge on any atom is 0.322 e. The minimum Gasteiger partial charge on any atom is -0.465 e. The minimum atomic E-state index is -4.02. The molecule has 0 fully saturated rings. The molecule has 1 aromatic carbocycles. The van der Waals surface area contributed by atoms with E-state index in [1.165, 1.54) is 102 Å². The lowest BCUT2D eigenvalue weighted by Gasteiger charge is -2.07. The predicted octanol–water partition coefficient (Wildman–Crippen LogP) is 7.54. The second-order valence-corrected chi connectivity index (χ2v) is 11.0. The van der Waals surface area contributed by atoms with Gasteiger partial charge in [-0.15, -0.1) is 0 Å². The zero-order valence-corrected chi connectivity index (χ0v) is 24.0. The number of benzene rings is 1. The Hall–Kier alpha value is -1.48. The SMILES string of the molecule is CCCCCCCCCCCCCCCCCCOC(=O)[C@H](C)N.Cc1ccc(S(=O)(=O)O)cc1.N. The first kappa shape index (κ1) is 36.7. The molecule has 0 amide bonds. The fraction of sp³-hybridized carbons (Fsp3) is 0.750. The van der Waals surface area contributed by atoms with E-state index in [4.69, 9.17) is 15.0 Å². The second kappa shape index (κ2) is 23.9. The Morgan fingerprint density at radius 1 is 0.806 bits per heavy atom. The molecule has 0 unspecified atom stereocenters. The van der Waals surface area contributed by atoms with Crippen molar-refractivity contribution in [1.82, 2.24) is 6.15 Å². The molecule has 0 aliphatic carbocycles. The van der Waals surface area contributed by atoms with E-state index in [0.29, 0.717) is 6.61 Å². The molecule has 212 valence electrons. The van der Waals surface area contributed by atoms with Crippen LogP contribution in [-0.4, -0.2) is 31.6 Å². The summed E-state index contributed by atoms with van der Waals surface area (Å²) in [6.07, 6.45) is 21.7. The topological polar surface area (TPSA) is 142 Å². The van der Waals surface area contributed by atoms with Gasteiger partial charge in [-0.2, -0.15) is 8.42 Å². The van der Waals surface area contributed by atoms with E-state index < -0.39 is 16.2 Å². The molecule has 0 saturated carbocycles. The lowest BCUT2D eigenvalue weighted by molar-refractivity contribution is -0.144. The number of rotatable bonds is 19. The maximum absolute atomic E-state index is 11.2. The van der Waals surface area contributed by atoms with Gasteiger partial charge in [-0.3, -0.25) is 9.35 Å². The van der Waals surface area contributed by atoms with Crippen LogP contribution in [0.5, 0.6) is 0 Å². The van der Waals surface area contributed by atoms with Gasteiger partial charge in [0.25, 0.3) is 10.1 Å². The molecule has 1 rings (SSSR count). The molecule has 1 atom stereocenters. The normalized spacial score (nSPS) is 11.7.